The Morgan fingerprint density at radius 1 is 0.714 bits per heavy atom. The van der Waals surface area contributed by atoms with Crippen LogP contribution in [0.5, 0.6) is 17.2 Å². The van der Waals surface area contributed by atoms with Crippen LogP contribution in [-0.4, -0.2) is 38.3 Å². The molecule has 0 radical (unpaired) electrons. The average Bonchev–Trinajstić information content (AvgIpc) is 2.73. The summed E-state index contributed by atoms with van der Waals surface area (Å²) in [5, 5.41) is 0. The molecule has 1 aliphatic heterocycles. The normalized spacial score (nSPS) is 14.5. The van der Waals surface area contributed by atoms with E-state index in [4.69, 9.17) is 14.2 Å². The third-order valence-electron chi connectivity index (χ3n) is 5.10. The van der Waals surface area contributed by atoms with Gasteiger partial charge in [-0.15, -0.1) is 0 Å². The SMILES string of the molecule is COc1cc(OC)cc(OC2CN(C(c3ccccc3)c3ccccc3)C2)c1. The Balaban J connectivity index is 1.48. The van der Waals surface area contributed by atoms with E-state index >= 15 is 0 Å². The van der Waals surface area contributed by atoms with E-state index in [-0.39, 0.29) is 12.1 Å². The van der Waals surface area contributed by atoms with Crippen LogP contribution >= 0.6 is 0 Å². The monoisotopic (exact) mass is 375 g/mol. The minimum absolute atomic E-state index is 0.145. The molecule has 144 valence electrons. The molecule has 0 spiro atoms. The predicted molar refractivity (Wildman–Crippen MR) is 110 cm³/mol. The van der Waals surface area contributed by atoms with Crippen molar-refractivity contribution in [3.05, 3.63) is 90.0 Å². The van der Waals surface area contributed by atoms with Crippen LogP contribution in [0.1, 0.15) is 17.2 Å². The lowest BCUT2D eigenvalue weighted by molar-refractivity contribution is 0.000110. The molecule has 1 saturated heterocycles. The maximum absolute atomic E-state index is 6.19. The minimum Gasteiger partial charge on any atom is -0.496 e. The van der Waals surface area contributed by atoms with E-state index in [0.29, 0.717) is 0 Å². The molecule has 0 saturated carbocycles. The lowest BCUT2D eigenvalue weighted by atomic mass is 9.94. The van der Waals surface area contributed by atoms with Crippen molar-refractivity contribution in [3.8, 4) is 17.2 Å². The molecule has 4 heteroatoms. The van der Waals surface area contributed by atoms with Gasteiger partial charge in [-0.3, -0.25) is 4.90 Å². The molecule has 0 atom stereocenters. The molecule has 4 nitrogen and oxygen atoms in total. The Bertz CT molecular complexity index is 830. The van der Waals surface area contributed by atoms with Crippen molar-refractivity contribution < 1.29 is 14.2 Å². The Morgan fingerprint density at radius 2 is 1.18 bits per heavy atom. The topological polar surface area (TPSA) is 30.9 Å². The molecule has 0 aliphatic carbocycles. The van der Waals surface area contributed by atoms with E-state index in [0.717, 1.165) is 30.3 Å². The Hall–Kier alpha value is -2.98. The fourth-order valence-corrected chi connectivity index (χ4v) is 3.68. The first kappa shape index (κ1) is 18.4. The summed E-state index contributed by atoms with van der Waals surface area (Å²) in [6.45, 7) is 1.74. The van der Waals surface area contributed by atoms with Crippen LogP contribution in [0, 0.1) is 0 Å². The molecule has 0 unspecified atom stereocenters. The van der Waals surface area contributed by atoms with Crippen molar-refractivity contribution in [1.82, 2.24) is 4.90 Å². The zero-order valence-corrected chi connectivity index (χ0v) is 16.2. The average molecular weight is 375 g/mol. The predicted octanol–water partition coefficient (Wildman–Crippen LogP) is 4.56. The summed E-state index contributed by atoms with van der Waals surface area (Å²) in [7, 11) is 3.29. The van der Waals surface area contributed by atoms with Gasteiger partial charge in [-0.05, 0) is 11.1 Å². The summed E-state index contributed by atoms with van der Waals surface area (Å²) in [6, 6.07) is 27.2. The first-order valence-electron chi connectivity index (χ1n) is 9.50. The van der Waals surface area contributed by atoms with E-state index in [1.807, 2.05) is 18.2 Å². The lowest BCUT2D eigenvalue weighted by Crippen LogP contribution is -2.55. The van der Waals surface area contributed by atoms with E-state index in [9.17, 15) is 0 Å². The lowest BCUT2D eigenvalue weighted by Gasteiger charge is -2.44. The highest BCUT2D eigenvalue weighted by molar-refractivity contribution is 5.42. The van der Waals surface area contributed by atoms with E-state index in [1.165, 1.54) is 11.1 Å². The van der Waals surface area contributed by atoms with Crippen molar-refractivity contribution in [2.24, 2.45) is 0 Å². The molecule has 0 bridgehead atoms. The van der Waals surface area contributed by atoms with Gasteiger partial charge in [-0.1, -0.05) is 60.7 Å². The van der Waals surface area contributed by atoms with Gasteiger partial charge in [-0.2, -0.15) is 0 Å². The molecule has 3 aromatic carbocycles. The Labute approximate surface area is 166 Å². The quantitative estimate of drug-likeness (QED) is 0.606. The first-order chi connectivity index (χ1) is 13.8. The highest BCUT2D eigenvalue weighted by Gasteiger charge is 2.35. The van der Waals surface area contributed by atoms with Crippen LogP contribution in [0.25, 0.3) is 0 Å². The fraction of sp³-hybridized carbons (Fsp3) is 0.250. The largest absolute Gasteiger partial charge is 0.496 e. The van der Waals surface area contributed by atoms with Crippen molar-refractivity contribution in [1.29, 1.82) is 0 Å². The van der Waals surface area contributed by atoms with E-state index in [2.05, 4.69) is 65.6 Å². The van der Waals surface area contributed by atoms with Crippen LogP contribution in [0.15, 0.2) is 78.9 Å². The summed E-state index contributed by atoms with van der Waals surface area (Å²) >= 11 is 0. The number of benzene rings is 3. The van der Waals surface area contributed by atoms with Gasteiger partial charge in [0, 0.05) is 31.3 Å². The third-order valence-corrected chi connectivity index (χ3v) is 5.10. The van der Waals surface area contributed by atoms with Gasteiger partial charge in [0.15, 0.2) is 0 Å². The zero-order chi connectivity index (χ0) is 19.3. The van der Waals surface area contributed by atoms with E-state index < -0.39 is 0 Å². The number of likely N-dealkylation sites (tertiary alicyclic amines) is 1. The van der Waals surface area contributed by atoms with Crippen LogP contribution < -0.4 is 14.2 Å². The highest BCUT2D eigenvalue weighted by atomic mass is 16.5. The molecular weight excluding hydrogens is 350 g/mol. The fourth-order valence-electron chi connectivity index (χ4n) is 3.68. The summed E-state index contributed by atoms with van der Waals surface area (Å²) in [6.07, 6.45) is 0.145. The number of ether oxygens (including phenoxy) is 3. The maximum atomic E-state index is 6.19. The Kier molecular flexibility index (Phi) is 5.49. The second-order valence-electron chi connectivity index (χ2n) is 6.97. The van der Waals surface area contributed by atoms with Gasteiger partial charge in [0.2, 0.25) is 0 Å². The number of hydrogen-bond donors (Lipinski definition) is 0. The van der Waals surface area contributed by atoms with Crippen LogP contribution in [0.4, 0.5) is 0 Å². The Morgan fingerprint density at radius 3 is 1.64 bits per heavy atom. The highest BCUT2D eigenvalue weighted by Crippen LogP contribution is 2.34. The zero-order valence-electron chi connectivity index (χ0n) is 16.2. The van der Waals surface area contributed by atoms with Gasteiger partial charge < -0.3 is 14.2 Å². The molecule has 3 aromatic rings. The second-order valence-corrected chi connectivity index (χ2v) is 6.97. The molecule has 1 heterocycles. The van der Waals surface area contributed by atoms with Crippen LogP contribution in [-0.2, 0) is 0 Å². The molecule has 1 aliphatic rings. The molecule has 1 fully saturated rings. The molecular formula is C24H25NO3. The summed E-state index contributed by atoms with van der Waals surface area (Å²) in [5.74, 6) is 2.24. The number of hydrogen-bond acceptors (Lipinski definition) is 4. The van der Waals surface area contributed by atoms with Gasteiger partial charge in [0.25, 0.3) is 0 Å². The van der Waals surface area contributed by atoms with Gasteiger partial charge in [0.05, 0.1) is 20.3 Å². The molecule has 0 amide bonds. The van der Waals surface area contributed by atoms with Gasteiger partial charge in [-0.25, -0.2) is 0 Å². The third kappa shape index (κ3) is 3.97. The minimum atomic E-state index is 0.145. The second kappa shape index (κ2) is 8.36. The van der Waals surface area contributed by atoms with Crippen molar-refractivity contribution in [2.75, 3.05) is 27.3 Å². The molecule has 0 N–H and O–H groups in total. The van der Waals surface area contributed by atoms with Crippen molar-refractivity contribution in [2.45, 2.75) is 12.1 Å². The summed E-state index contributed by atoms with van der Waals surface area (Å²) < 4.78 is 16.9. The van der Waals surface area contributed by atoms with Gasteiger partial charge >= 0.3 is 0 Å². The number of nitrogens with zero attached hydrogens (tertiary/aromatic N) is 1. The maximum Gasteiger partial charge on any atom is 0.127 e. The number of rotatable bonds is 7. The standard InChI is InChI=1S/C24H25NO3/c1-26-20-13-21(27-2)15-22(14-20)28-23-16-25(17-23)24(18-9-5-3-6-10-18)19-11-7-4-8-12-19/h3-15,23-24H,16-17H2,1-2H3. The van der Waals surface area contributed by atoms with Crippen molar-refractivity contribution in [3.63, 3.8) is 0 Å². The van der Waals surface area contributed by atoms with Crippen molar-refractivity contribution >= 4 is 0 Å². The molecule has 28 heavy (non-hydrogen) atoms. The molecule has 0 aromatic heterocycles. The first-order valence-corrected chi connectivity index (χ1v) is 9.50. The number of methoxy groups -OCH3 is 2. The summed E-state index contributed by atoms with van der Waals surface area (Å²) in [5.41, 5.74) is 2.60. The van der Waals surface area contributed by atoms with Crippen LogP contribution in [0.3, 0.4) is 0 Å². The van der Waals surface area contributed by atoms with Crippen LogP contribution in [0.2, 0.25) is 0 Å². The van der Waals surface area contributed by atoms with E-state index in [1.54, 1.807) is 14.2 Å². The smallest absolute Gasteiger partial charge is 0.127 e. The molecule has 4 rings (SSSR count). The van der Waals surface area contributed by atoms with Gasteiger partial charge in [0.1, 0.15) is 23.4 Å². The summed E-state index contributed by atoms with van der Waals surface area (Å²) in [4.78, 5) is 2.45.